The molecule has 1 aromatic heterocycles. The molecule has 4 heteroatoms. The number of carbonyl (C=O) groups is 1. The number of hydrogen-bond donors (Lipinski definition) is 0. The Balaban J connectivity index is 2.54. The third kappa shape index (κ3) is 2.50. The normalized spacial score (nSPS) is 9.83. The van der Waals surface area contributed by atoms with Crippen LogP contribution in [0.2, 0.25) is 0 Å². The molecule has 0 aliphatic heterocycles. The van der Waals surface area contributed by atoms with Gasteiger partial charge in [0.25, 0.3) is 0 Å². The largest absolute Gasteiger partial charge is 0.324 e. The van der Waals surface area contributed by atoms with Crippen LogP contribution in [0.1, 0.15) is 11.8 Å². The van der Waals surface area contributed by atoms with Crippen molar-refractivity contribution in [2.24, 2.45) is 0 Å². The summed E-state index contributed by atoms with van der Waals surface area (Å²) >= 11 is 6.98. The van der Waals surface area contributed by atoms with Crippen molar-refractivity contribution in [2.75, 3.05) is 6.54 Å². The molecule has 2 nitrogen and oxygen atoms in total. The lowest BCUT2D eigenvalue weighted by atomic mass is 10.4. The molecule has 0 bridgehead atoms. The Morgan fingerprint density at radius 1 is 1.75 bits per heavy atom. The van der Waals surface area contributed by atoms with E-state index in [1.165, 1.54) is 0 Å². The van der Waals surface area contributed by atoms with E-state index in [2.05, 4.69) is 0 Å². The van der Waals surface area contributed by atoms with Gasteiger partial charge in [0, 0.05) is 11.4 Å². The third-order valence-corrected chi connectivity index (χ3v) is 2.66. The van der Waals surface area contributed by atoms with E-state index in [0.29, 0.717) is 13.1 Å². The molecule has 66 valence electrons. The topological polar surface area (TPSA) is 20.3 Å². The lowest BCUT2D eigenvalue weighted by Crippen LogP contribution is -2.24. The van der Waals surface area contributed by atoms with Gasteiger partial charge in [0.15, 0.2) is 0 Å². The fourth-order valence-electron chi connectivity index (χ4n) is 0.889. The van der Waals surface area contributed by atoms with Gasteiger partial charge in [-0.05, 0) is 30.0 Å². The van der Waals surface area contributed by atoms with Crippen LogP contribution in [0.3, 0.4) is 0 Å². The molecule has 1 aromatic rings. The molecule has 0 spiro atoms. The molecule has 0 unspecified atom stereocenters. The molecule has 12 heavy (non-hydrogen) atoms. The molecule has 1 amide bonds. The Bertz CT molecular complexity index is 248. The van der Waals surface area contributed by atoms with E-state index in [4.69, 9.17) is 11.6 Å². The van der Waals surface area contributed by atoms with Crippen LogP contribution in [-0.4, -0.2) is 16.8 Å². The highest BCUT2D eigenvalue weighted by Crippen LogP contribution is 2.12. The van der Waals surface area contributed by atoms with Crippen molar-refractivity contribution in [3.8, 4) is 0 Å². The quantitative estimate of drug-likeness (QED) is 0.547. The zero-order chi connectivity index (χ0) is 8.97. The Morgan fingerprint density at radius 3 is 2.92 bits per heavy atom. The molecule has 0 saturated carbocycles. The first-order valence-electron chi connectivity index (χ1n) is 3.70. The van der Waals surface area contributed by atoms with Gasteiger partial charge in [-0.1, -0.05) is 6.07 Å². The number of halogens is 1. The predicted octanol–water partition coefficient (Wildman–Crippen LogP) is 2.93. The minimum Gasteiger partial charge on any atom is -0.324 e. The summed E-state index contributed by atoms with van der Waals surface area (Å²) in [7, 11) is 0. The lowest BCUT2D eigenvalue weighted by molar-refractivity contribution is 0.223. The summed E-state index contributed by atoms with van der Waals surface area (Å²) in [5.41, 5.74) is 0. The van der Waals surface area contributed by atoms with E-state index >= 15 is 0 Å². The van der Waals surface area contributed by atoms with Crippen LogP contribution < -0.4 is 0 Å². The molecule has 0 aromatic carbocycles. The van der Waals surface area contributed by atoms with Crippen molar-refractivity contribution < 1.29 is 4.79 Å². The van der Waals surface area contributed by atoms with Crippen LogP contribution in [0, 0.1) is 0 Å². The number of carbonyl (C=O) groups excluding carboxylic acids is 1. The van der Waals surface area contributed by atoms with Gasteiger partial charge in [-0.2, -0.15) is 0 Å². The van der Waals surface area contributed by atoms with Crippen LogP contribution in [0.4, 0.5) is 4.79 Å². The molecule has 0 saturated heterocycles. The van der Waals surface area contributed by atoms with Crippen molar-refractivity contribution in [1.82, 2.24) is 4.90 Å². The SMILES string of the molecule is CCN(Cc1cccs1)C(=O)Cl. The van der Waals surface area contributed by atoms with Crippen LogP contribution in [0.15, 0.2) is 17.5 Å². The first kappa shape index (κ1) is 9.55. The van der Waals surface area contributed by atoms with E-state index in [1.807, 2.05) is 24.4 Å². The van der Waals surface area contributed by atoms with Crippen molar-refractivity contribution in [3.05, 3.63) is 22.4 Å². The maximum atomic E-state index is 10.8. The van der Waals surface area contributed by atoms with Crippen molar-refractivity contribution in [2.45, 2.75) is 13.5 Å². The Labute approximate surface area is 80.8 Å². The molecule has 1 rings (SSSR count). The second-order valence-electron chi connectivity index (χ2n) is 2.35. The molecule has 0 N–H and O–H groups in total. The highest BCUT2D eigenvalue weighted by atomic mass is 35.5. The van der Waals surface area contributed by atoms with Crippen molar-refractivity contribution >= 4 is 28.3 Å². The zero-order valence-electron chi connectivity index (χ0n) is 6.79. The minimum absolute atomic E-state index is 0.383. The molecular weight excluding hydrogens is 194 g/mol. The van der Waals surface area contributed by atoms with Crippen LogP contribution in [0.5, 0.6) is 0 Å². The molecule has 0 atom stereocenters. The van der Waals surface area contributed by atoms with E-state index in [1.54, 1.807) is 16.2 Å². The Morgan fingerprint density at radius 2 is 2.50 bits per heavy atom. The zero-order valence-corrected chi connectivity index (χ0v) is 8.36. The number of thiophene rings is 1. The van der Waals surface area contributed by atoms with E-state index < -0.39 is 0 Å². The molecule has 0 aliphatic carbocycles. The van der Waals surface area contributed by atoms with E-state index in [-0.39, 0.29) is 5.37 Å². The van der Waals surface area contributed by atoms with Gasteiger partial charge in [-0.3, -0.25) is 4.79 Å². The number of nitrogens with zero attached hydrogens (tertiary/aromatic N) is 1. The number of rotatable bonds is 3. The summed E-state index contributed by atoms with van der Waals surface area (Å²) in [5.74, 6) is 0. The second kappa shape index (κ2) is 4.48. The first-order chi connectivity index (χ1) is 5.74. The van der Waals surface area contributed by atoms with Gasteiger partial charge < -0.3 is 4.90 Å². The van der Waals surface area contributed by atoms with E-state index in [9.17, 15) is 4.79 Å². The minimum atomic E-state index is -0.383. The average Bonchev–Trinajstić information content (AvgIpc) is 2.51. The van der Waals surface area contributed by atoms with Gasteiger partial charge in [0.1, 0.15) is 0 Å². The summed E-state index contributed by atoms with van der Waals surface area (Å²) in [6.45, 7) is 3.19. The average molecular weight is 204 g/mol. The summed E-state index contributed by atoms with van der Waals surface area (Å²) in [6.07, 6.45) is 0. The van der Waals surface area contributed by atoms with Crippen LogP contribution in [-0.2, 0) is 6.54 Å². The van der Waals surface area contributed by atoms with Crippen LogP contribution in [0.25, 0.3) is 0 Å². The summed E-state index contributed by atoms with van der Waals surface area (Å²) in [6, 6.07) is 3.96. The van der Waals surface area contributed by atoms with Gasteiger partial charge in [-0.25, -0.2) is 0 Å². The lowest BCUT2D eigenvalue weighted by Gasteiger charge is -2.15. The predicted molar refractivity (Wildman–Crippen MR) is 51.7 cm³/mol. The fraction of sp³-hybridized carbons (Fsp3) is 0.375. The Hall–Kier alpha value is -0.540. The number of amides is 1. The third-order valence-electron chi connectivity index (χ3n) is 1.56. The maximum absolute atomic E-state index is 10.8. The standard InChI is InChI=1S/C8H10ClNOS/c1-2-10(8(9)11)6-7-4-3-5-12-7/h3-5H,2,6H2,1H3. The van der Waals surface area contributed by atoms with Crippen LogP contribution >= 0.6 is 22.9 Å². The molecule has 0 radical (unpaired) electrons. The fourth-order valence-corrected chi connectivity index (χ4v) is 1.79. The summed E-state index contributed by atoms with van der Waals surface area (Å²) < 4.78 is 0. The summed E-state index contributed by atoms with van der Waals surface area (Å²) in [4.78, 5) is 13.5. The van der Waals surface area contributed by atoms with Gasteiger partial charge >= 0.3 is 5.37 Å². The smallest absolute Gasteiger partial charge is 0.316 e. The van der Waals surface area contributed by atoms with Gasteiger partial charge in [0.2, 0.25) is 0 Å². The monoisotopic (exact) mass is 203 g/mol. The number of hydrogen-bond acceptors (Lipinski definition) is 2. The highest BCUT2D eigenvalue weighted by molar-refractivity contribution is 7.09. The summed E-state index contributed by atoms with van der Waals surface area (Å²) in [5, 5.41) is 1.60. The van der Waals surface area contributed by atoms with Gasteiger partial charge in [0.05, 0.1) is 6.54 Å². The molecule has 1 heterocycles. The van der Waals surface area contributed by atoms with E-state index in [0.717, 1.165) is 4.88 Å². The maximum Gasteiger partial charge on any atom is 0.316 e. The molecule has 0 aliphatic rings. The molecular formula is C8H10ClNOS. The molecule has 0 fully saturated rings. The van der Waals surface area contributed by atoms with Crippen molar-refractivity contribution in [3.63, 3.8) is 0 Å². The van der Waals surface area contributed by atoms with Crippen molar-refractivity contribution in [1.29, 1.82) is 0 Å². The van der Waals surface area contributed by atoms with Gasteiger partial charge in [-0.15, -0.1) is 11.3 Å². The first-order valence-corrected chi connectivity index (χ1v) is 4.96. The second-order valence-corrected chi connectivity index (χ2v) is 3.70. The highest BCUT2D eigenvalue weighted by Gasteiger charge is 2.08. The Kier molecular flexibility index (Phi) is 3.56.